The zero-order valence-corrected chi connectivity index (χ0v) is 19.0. The number of piperidine rings is 1. The van der Waals surface area contributed by atoms with Crippen LogP contribution in [0.15, 0.2) is 12.3 Å². The molecule has 0 bridgehead atoms. The van der Waals surface area contributed by atoms with Crippen molar-refractivity contribution in [3.63, 3.8) is 0 Å². The first-order chi connectivity index (χ1) is 14.9. The van der Waals surface area contributed by atoms with Crippen molar-refractivity contribution in [2.75, 3.05) is 18.4 Å². The van der Waals surface area contributed by atoms with Gasteiger partial charge in [0.25, 0.3) is 0 Å². The molecular weight excluding hydrogens is 443 g/mol. The number of alkyl halides is 3. The first-order valence-electron chi connectivity index (χ1n) is 10.1. The average Bonchev–Trinajstić information content (AvgIpc) is 3.07. The third-order valence-corrected chi connectivity index (χ3v) is 5.90. The molecule has 0 unspecified atom stereocenters. The molecule has 7 nitrogen and oxygen atoms in total. The largest absolute Gasteiger partial charge is 0.444 e. The number of aryl methyl sites for hydroxylation is 1. The number of nitrogens with one attached hydrogen (secondary N) is 1. The number of carbonyl (C=O) groups is 1. The minimum atomic E-state index is -4.63. The fraction of sp³-hybridized carbons (Fsp3) is 0.524. The fourth-order valence-corrected chi connectivity index (χ4v) is 4.25. The Kier molecular flexibility index (Phi) is 6.64. The van der Waals surface area contributed by atoms with Crippen LogP contribution >= 0.6 is 11.3 Å². The molecule has 32 heavy (non-hydrogen) atoms. The molecule has 1 aliphatic heterocycles. The van der Waals surface area contributed by atoms with E-state index in [0.717, 1.165) is 17.5 Å². The van der Waals surface area contributed by atoms with Crippen molar-refractivity contribution in [2.45, 2.75) is 58.4 Å². The molecule has 1 saturated heterocycles. The molecule has 0 aliphatic carbocycles. The lowest BCUT2D eigenvalue weighted by molar-refractivity contribution is -0.137. The summed E-state index contributed by atoms with van der Waals surface area (Å²) in [5.41, 5.74) is -1.47. The summed E-state index contributed by atoms with van der Waals surface area (Å²) in [6, 6.07) is 3.30. The van der Waals surface area contributed by atoms with Crippen LogP contribution in [0.25, 0.3) is 10.6 Å². The van der Waals surface area contributed by atoms with Gasteiger partial charge in [0.1, 0.15) is 17.2 Å². The van der Waals surface area contributed by atoms with Crippen molar-refractivity contribution in [3.8, 4) is 16.6 Å². The Balaban J connectivity index is 1.76. The highest BCUT2D eigenvalue weighted by Gasteiger charge is 2.36. The molecule has 1 fully saturated rings. The summed E-state index contributed by atoms with van der Waals surface area (Å²) in [4.78, 5) is 22.7. The van der Waals surface area contributed by atoms with E-state index in [4.69, 9.17) is 10.00 Å². The number of hydrogen-bond acceptors (Lipinski definition) is 7. The molecule has 1 amide bonds. The highest BCUT2D eigenvalue weighted by atomic mass is 32.1. The van der Waals surface area contributed by atoms with Crippen molar-refractivity contribution in [1.82, 2.24) is 14.9 Å². The van der Waals surface area contributed by atoms with E-state index in [9.17, 15) is 18.0 Å². The van der Waals surface area contributed by atoms with Gasteiger partial charge in [-0.3, -0.25) is 0 Å². The van der Waals surface area contributed by atoms with E-state index in [1.54, 1.807) is 32.6 Å². The maximum Gasteiger partial charge on any atom is 0.420 e. The molecule has 3 heterocycles. The Morgan fingerprint density at radius 3 is 2.50 bits per heavy atom. The maximum atomic E-state index is 13.5. The third kappa shape index (κ3) is 5.68. The summed E-state index contributed by atoms with van der Waals surface area (Å²) >= 11 is 1.09. The number of aromatic nitrogens is 2. The Labute approximate surface area is 188 Å². The molecule has 2 aromatic rings. The summed E-state index contributed by atoms with van der Waals surface area (Å²) in [6.07, 6.45) is -3.09. The molecule has 0 saturated carbocycles. The molecule has 172 valence electrons. The van der Waals surface area contributed by atoms with Crippen molar-refractivity contribution < 1.29 is 22.7 Å². The molecule has 11 heteroatoms. The lowest BCUT2D eigenvalue weighted by Crippen LogP contribution is -2.44. The summed E-state index contributed by atoms with van der Waals surface area (Å²) in [5.74, 6) is 0.0771. The van der Waals surface area contributed by atoms with E-state index in [1.165, 1.54) is 6.07 Å². The first kappa shape index (κ1) is 23.8. The second-order valence-corrected chi connectivity index (χ2v) is 9.79. The molecular formula is C21H24F3N5O2S. The molecule has 0 spiro atoms. The van der Waals surface area contributed by atoms with E-state index in [1.807, 2.05) is 6.07 Å². The predicted octanol–water partition coefficient (Wildman–Crippen LogP) is 5.22. The van der Waals surface area contributed by atoms with E-state index in [0.29, 0.717) is 36.4 Å². The molecule has 2 aromatic heterocycles. The lowest BCUT2D eigenvalue weighted by Gasteiger charge is -2.33. The van der Waals surface area contributed by atoms with Crippen molar-refractivity contribution >= 4 is 23.4 Å². The average molecular weight is 468 g/mol. The minimum Gasteiger partial charge on any atom is -0.444 e. The third-order valence-electron chi connectivity index (χ3n) is 4.85. The topological polar surface area (TPSA) is 91.1 Å². The zero-order valence-electron chi connectivity index (χ0n) is 18.2. The highest BCUT2D eigenvalue weighted by molar-refractivity contribution is 7.15. The Hall–Kier alpha value is -2.87. The van der Waals surface area contributed by atoms with Crippen LogP contribution < -0.4 is 5.32 Å². The second-order valence-electron chi connectivity index (χ2n) is 8.53. The second kappa shape index (κ2) is 8.94. The molecule has 0 aromatic carbocycles. The number of halogens is 3. The van der Waals surface area contributed by atoms with Crippen LogP contribution in [0.4, 0.5) is 23.9 Å². The Bertz CT molecular complexity index is 1030. The monoisotopic (exact) mass is 467 g/mol. The number of likely N-dealkylation sites (tertiary alicyclic amines) is 1. The van der Waals surface area contributed by atoms with Gasteiger partial charge in [-0.2, -0.15) is 18.4 Å². The number of nitrogens with zero attached hydrogens (tertiary/aromatic N) is 4. The van der Waals surface area contributed by atoms with Crippen LogP contribution in [0, 0.1) is 18.3 Å². The van der Waals surface area contributed by atoms with Crippen LogP contribution in [0.2, 0.25) is 0 Å². The number of rotatable bonds is 3. The van der Waals surface area contributed by atoms with Gasteiger partial charge >= 0.3 is 12.3 Å². The summed E-state index contributed by atoms with van der Waals surface area (Å²) in [5, 5.41) is 12.2. The van der Waals surface area contributed by atoms with E-state index >= 15 is 0 Å². The highest BCUT2D eigenvalue weighted by Crippen LogP contribution is 2.39. The standard InChI is InChI=1S/C21H24F3N5O2S/c1-12-13(10-25)9-16(32-12)17-15(21(22,23)24)11-26-18(28-17)27-14-5-7-29(8-6-14)19(30)31-20(2,3)4/h9,11,14H,5-8H2,1-4H3,(H,26,27,28). The molecule has 0 radical (unpaired) electrons. The molecule has 1 aliphatic rings. The van der Waals surface area contributed by atoms with Crippen molar-refractivity contribution in [2.24, 2.45) is 0 Å². The van der Waals surface area contributed by atoms with Crippen molar-refractivity contribution in [1.29, 1.82) is 5.26 Å². The normalized spacial score (nSPS) is 15.4. The summed E-state index contributed by atoms with van der Waals surface area (Å²) in [7, 11) is 0. The lowest BCUT2D eigenvalue weighted by atomic mass is 10.1. The van der Waals surface area contributed by atoms with Gasteiger partial charge in [0.15, 0.2) is 0 Å². The number of nitriles is 1. The van der Waals surface area contributed by atoms with Gasteiger partial charge in [0.2, 0.25) is 5.95 Å². The van der Waals surface area contributed by atoms with Gasteiger partial charge in [-0.25, -0.2) is 14.8 Å². The van der Waals surface area contributed by atoms with Gasteiger partial charge in [-0.05, 0) is 46.6 Å². The van der Waals surface area contributed by atoms with Crippen LogP contribution in [0.1, 0.15) is 49.6 Å². The number of amides is 1. The molecule has 1 N–H and O–H groups in total. The fourth-order valence-electron chi connectivity index (χ4n) is 3.27. The van der Waals surface area contributed by atoms with E-state index in [2.05, 4.69) is 15.3 Å². The number of anilines is 1. The smallest absolute Gasteiger partial charge is 0.420 e. The maximum absolute atomic E-state index is 13.5. The van der Waals surface area contributed by atoms with Gasteiger partial charge in [-0.1, -0.05) is 0 Å². The predicted molar refractivity (Wildman–Crippen MR) is 114 cm³/mol. The zero-order chi connectivity index (χ0) is 23.7. The van der Waals surface area contributed by atoms with Crippen LogP contribution in [0.5, 0.6) is 0 Å². The van der Waals surface area contributed by atoms with Gasteiger partial charge < -0.3 is 15.0 Å². The van der Waals surface area contributed by atoms with Crippen LogP contribution in [0.3, 0.4) is 0 Å². The van der Waals surface area contributed by atoms with Crippen molar-refractivity contribution in [3.05, 3.63) is 28.3 Å². The SMILES string of the molecule is Cc1sc(-c2nc(NC3CCN(C(=O)OC(C)(C)C)CC3)ncc2C(F)(F)F)cc1C#N. The molecule has 0 atom stereocenters. The Morgan fingerprint density at radius 2 is 1.97 bits per heavy atom. The van der Waals surface area contributed by atoms with E-state index in [-0.39, 0.29) is 28.7 Å². The number of carbonyl (C=O) groups excluding carboxylic acids is 1. The number of hydrogen-bond donors (Lipinski definition) is 1. The number of ether oxygens (including phenoxy) is 1. The quantitative estimate of drug-likeness (QED) is 0.666. The summed E-state index contributed by atoms with van der Waals surface area (Å²) < 4.78 is 46.0. The Morgan fingerprint density at radius 1 is 1.31 bits per heavy atom. The van der Waals surface area contributed by atoms with Gasteiger partial charge in [0, 0.05) is 30.2 Å². The number of thiophene rings is 1. The van der Waals surface area contributed by atoms with E-state index < -0.39 is 17.3 Å². The molecule has 3 rings (SSSR count). The minimum absolute atomic E-state index is 0.0771. The summed E-state index contributed by atoms with van der Waals surface area (Å²) in [6.45, 7) is 7.98. The van der Waals surface area contributed by atoms with Crippen LogP contribution in [-0.2, 0) is 10.9 Å². The van der Waals surface area contributed by atoms with Gasteiger partial charge in [-0.15, -0.1) is 11.3 Å². The van der Waals surface area contributed by atoms with Crippen LogP contribution in [-0.4, -0.2) is 45.7 Å². The first-order valence-corrected chi connectivity index (χ1v) is 10.9. The van der Waals surface area contributed by atoms with Gasteiger partial charge in [0.05, 0.1) is 16.1 Å².